The van der Waals surface area contributed by atoms with Crippen LogP contribution in [0.15, 0.2) is 46.9 Å². The fourth-order valence-corrected chi connectivity index (χ4v) is 2.83. The van der Waals surface area contributed by atoms with E-state index in [0.717, 1.165) is 21.3 Å². The summed E-state index contributed by atoms with van der Waals surface area (Å²) >= 11 is 3.54. The van der Waals surface area contributed by atoms with Gasteiger partial charge in [0, 0.05) is 18.6 Å². The molecule has 0 aliphatic heterocycles. The summed E-state index contributed by atoms with van der Waals surface area (Å²) in [6.07, 6.45) is 1.82. The number of anilines is 1. The maximum atomic E-state index is 9.40. The predicted octanol–water partition coefficient (Wildman–Crippen LogP) is 4.45. The second-order valence-electron chi connectivity index (χ2n) is 4.97. The van der Waals surface area contributed by atoms with Crippen LogP contribution >= 0.6 is 15.9 Å². The number of hydrogen-bond donors (Lipinski definition) is 0. The number of benzene rings is 2. The van der Waals surface area contributed by atoms with Gasteiger partial charge in [0.1, 0.15) is 0 Å². The van der Waals surface area contributed by atoms with E-state index in [1.807, 2.05) is 49.3 Å². The van der Waals surface area contributed by atoms with Gasteiger partial charge in [-0.2, -0.15) is 10.5 Å². The molecule has 0 fully saturated rings. The van der Waals surface area contributed by atoms with Crippen molar-refractivity contribution < 1.29 is 0 Å². The Hall–Kier alpha value is -2.56. The number of halogens is 1. The zero-order chi connectivity index (χ0) is 16.1. The normalized spacial score (nSPS) is 10.7. The standard InChI is InChI=1S/C18H14BrN3/c1-22(2)18-7-6-13(10-17(18)19)8-16(12-21)15-5-3-4-14(9-15)11-20/h3-10H,1-2H3/b16-8+. The minimum atomic E-state index is 0.529. The fourth-order valence-electron chi connectivity index (χ4n) is 2.08. The molecule has 0 saturated heterocycles. The average Bonchev–Trinajstić information content (AvgIpc) is 2.52. The molecule has 0 aromatic heterocycles. The van der Waals surface area contributed by atoms with Crippen LogP contribution in [0.1, 0.15) is 16.7 Å². The van der Waals surface area contributed by atoms with Gasteiger partial charge >= 0.3 is 0 Å². The number of hydrogen-bond acceptors (Lipinski definition) is 3. The predicted molar refractivity (Wildman–Crippen MR) is 93.1 cm³/mol. The van der Waals surface area contributed by atoms with Crippen LogP contribution < -0.4 is 4.90 Å². The second-order valence-corrected chi connectivity index (χ2v) is 5.82. The second kappa shape index (κ2) is 6.93. The summed E-state index contributed by atoms with van der Waals surface area (Å²) < 4.78 is 0.967. The van der Waals surface area contributed by atoms with E-state index in [-0.39, 0.29) is 0 Å². The molecule has 0 N–H and O–H groups in total. The smallest absolute Gasteiger partial charge is 0.0998 e. The minimum Gasteiger partial charge on any atom is -0.377 e. The van der Waals surface area contributed by atoms with Crippen molar-refractivity contribution in [3.63, 3.8) is 0 Å². The van der Waals surface area contributed by atoms with Crippen molar-refractivity contribution in [3.05, 3.63) is 63.6 Å². The highest BCUT2D eigenvalue weighted by Crippen LogP contribution is 2.27. The van der Waals surface area contributed by atoms with E-state index in [0.29, 0.717) is 11.1 Å². The van der Waals surface area contributed by atoms with Crippen LogP contribution in [0.25, 0.3) is 11.6 Å². The van der Waals surface area contributed by atoms with Crippen molar-refractivity contribution >= 4 is 33.3 Å². The van der Waals surface area contributed by atoms with Crippen LogP contribution in [-0.2, 0) is 0 Å². The lowest BCUT2D eigenvalue weighted by Gasteiger charge is -2.14. The minimum absolute atomic E-state index is 0.529. The molecule has 108 valence electrons. The molecule has 2 rings (SSSR count). The highest BCUT2D eigenvalue weighted by molar-refractivity contribution is 9.10. The van der Waals surface area contributed by atoms with Crippen molar-refractivity contribution in [3.8, 4) is 12.1 Å². The molecule has 3 nitrogen and oxygen atoms in total. The molecule has 22 heavy (non-hydrogen) atoms. The Morgan fingerprint density at radius 1 is 1.14 bits per heavy atom. The molecule has 0 radical (unpaired) electrons. The topological polar surface area (TPSA) is 50.8 Å². The maximum absolute atomic E-state index is 9.40. The van der Waals surface area contributed by atoms with E-state index in [4.69, 9.17) is 5.26 Å². The Bertz CT molecular complexity index is 808. The third-order valence-electron chi connectivity index (χ3n) is 3.19. The van der Waals surface area contributed by atoms with Gasteiger partial charge in [0.25, 0.3) is 0 Å². The van der Waals surface area contributed by atoms with Gasteiger partial charge in [0.05, 0.1) is 29.0 Å². The van der Waals surface area contributed by atoms with Crippen LogP contribution in [-0.4, -0.2) is 14.1 Å². The summed E-state index contributed by atoms with van der Waals surface area (Å²) in [7, 11) is 3.95. The molecule has 0 bridgehead atoms. The first-order chi connectivity index (χ1) is 10.5. The molecule has 0 aliphatic rings. The van der Waals surface area contributed by atoms with Crippen molar-refractivity contribution in [1.29, 1.82) is 10.5 Å². The van der Waals surface area contributed by atoms with Gasteiger partial charge in [-0.25, -0.2) is 0 Å². The Morgan fingerprint density at radius 3 is 2.50 bits per heavy atom. The summed E-state index contributed by atoms with van der Waals surface area (Å²) in [5, 5.41) is 18.4. The molecule has 0 saturated carbocycles. The van der Waals surface area contributed by atoms with Crippen LogP contribution in [0.2, 0.25) is 0 Å². The Kier molecular flexibility index (Phi) is 4.99. The average molecular weight is 352 g/mol. The Morgan fingerprint density at radius 2 is 1.91 bits per heavy atom. The molecule has 2 aromatic carbocycles. The van der Waals surface area contributed by atoms with Crippen molar-refractivity contribution in [2.45, 2.75) is 0 Å². The molecule has 0 unspecified atom stereocenters. The Balaban J connectivity index is 2.43. The third kappa shape index (κ3) is 3.55. The SMILES string of the molecule is CN(C)c1ccc(/C=C(\C#N)c2cccc(C#N)c2)cc1Br. The number of allylic oxidation sites excluding steroid dienone is 1. The number of nitriles is 2. The summed E-state index contributed by atoms with van der Waals surface area (Å²) in [6.45, 7) is 0. The lowest BCUT2D eigenvalue weighted by Crippen LogP contribution is -2.09. The van der Waals surface area contributed by atoms with Crippen LogP contribution in [0.5, 0.6) is 0 Å². The first-order valence-corrected chi connectivity index (χ1v) is 7.43. The molecule has 0 heterocycles. The zero-order valence-corrected chi connectivity index (χ0v) is 13.9. The number of nitrogens with zero attached hydrogens (tertiary/aromatic N) is 3. The number of rotatable bonds is 3. The van der Waals surface area contributed by atoms with E-state index >= 15 is 0 Å². The third-order valence-corrected chi connectivity index (χ3v) is 3.82. The van der Waals surface area contributed by atoms with Crippen molar-refractivity contribution in [1.82, 2.24) is 0 Å². The fraction of sp³-hybridized carbons (Fsp3) is 0.111. The molecular weight excluding hydrogens is 338 g/mol. The summed E-state index contributed by atoms with van der Waals surface area (Å²) in [5.41, 5.74) is 3.82. The van der Waals surface area contributed by atoms with Gasteiger partial charge in [-0.1, -0.05) is 18.2 Å². The highest BCUT2D eigenvalue weighted by Gasteiger charge is 2.05. The summed E-state index contributed by atoms with van der Waals surface area (Å²) in [4.78, 5) is 2.01. The molecule has 0 amide bonds. The monoisotopic (exact) mass is 351 g/mol. The molecule has 0 spiro atoms. The van der Waals surface area contributed by atoms with Gasteiger partial charge in [0.15, 0.2) is 0 Å². The van der Waals surface area contributed by atoms with Crippen LogP contribution in [0.4, 0.5) is 5.69 Å². The van der Waals surface area contributed by atoms with Crippen LogP contribution in [0, 0.1) is 22.7 Å². The van der Waals surface area contributed by atoms with E-state index in [1.54, 1.807) is 18.2 Å². The zero-order valence-electron chi connectivity index (χ0n) is 12.3. The van der Waals surface area contributed by atoms with Crippen molar-refractivity contribution in [2.75, 3.05) is 19.0 Å². The van der Waals surface area contributed by atoms with Gasteiger partial charge in [-0.3, -0.25) is 0 Å². The summed E-state index contributed by atoms with van der Waals surface area (Å²) in [6, 6.07) is 17.3. The van der Waals surface area contributed by atoms with E-state index in [2.05, 4.69) is 28.1 Å². The highest BCUT2D eigenvalue weighted by atomic mass is 79.9. The molecule has 4 heteroatoms. The van der Waals surface area contributed by atoms with Gasteiger partial charge in [-0.05, 0) is 57.4 Å². The van der Waals surface area contributed by atoms with E-state index in [9.17, 15) is 5.26 Å². The van der Waals surface area contributed by atoms with Gasteiger partial charge in [-0.15, -0.1) is 0 Å². The van der Waals surface area contributed by atoms with Gasteiger partial charge in [0.2, 0.25) is 0 Å². The van der Waals surface area contributed by atoms with E-state index < -0.39 is 0 Å². The molecule has 0 aliphatic carbocycles. The largest absolute Gasteiger partial charge is 0.377 e. The lowest BCUT2D eigenvalue weighted by atomic mass is 10.0. The quantitative estimate of drug-likeness (QED) is 0.606. The van der Waals surface area contributed by atoms with Crippen LogP contribution in [0.3, 0.4) is 0 Å². The van der Waals surface area contributed by atoms with Gasteiger partial charge < -0.3 is 4.90 Å². The molecule has 0 atom stereocenters. The van der Waals surface area contributed by atoms with E-state index in [1.165, 1.54) is 0 Å². The Labute approximate surface area is 138 Å². The molecular formula is C18H14BrN3. The lowest BCUT2D eigenvalue weighted by molar-refractivity contribution is 1.12. The first-order valence-electron chi connectivity index (χ1n) is 6.64. The molecule has 2 aromatic rings. The maximum Gasteiger partial charge on any atom is 0.0998 e. The summed E-state index contributed by atoms with van der Waals surface area (Å²) in [5.74, 6) is 0. The van der Waals surface area contributed by atoms with Crippen molar-refractivity contribution in [2.24, 2.45) is 0 Å². The first kappa shape index (κ1) is 15.8.